The van der Waals surface area contributed by atoms with Crippen molar-refractivity contribution in [3.05, 3.63) is 34.8 Å². The fraction of sp³-hybridized carbons (Fsp3) is 0.444. The van der Waals surface area contributed by atoms with Crippen molar-refractivity contribution >= 4 is 0 Å². The van der Waals surface area contributed by atoms with E-state index in [2.05, 4.69) is 0 Å². The summed E-state index contributed by atoms with van der Waals surface area (Å²) < 4.78 is 0.893. The fourth-order valence-corrected chi connectivity index (χ4v) is 1.65. The van der Waals surface area contributed by atoms with Crippen molar-refractivity contribution in [1.29, 1.82) is 0 Å². The van der Waals surface area contributed by atoms with E-state index >= 15 is 0 Å². The van der Waals surface area contributed by atoms with Crippen LogP contribution in [-0.2, 0) is 12.8 Å². The molecule has 0 unspecified atom stereocenters. The zero-order valence-corrected chi connectivity index (χ0v) is 6.42. The highest BCUT2D eigenvalue weighted by molar-refractivity contribution is 5.23. The Labute approximate surface area is 66.1 Å². The van der Waals surface area contributed by atoms with Gasteiger partial charge in [0.2, 0.25) is 0 Å². The Morgan fingerprint density at radius 2 is 1.91 bits per heavy atom. The van der Waals surface area contributed by atoms with Crippen LogP contribution in [0.1, 0.15) is 24.0 Å². The molecule has 2 nitrogen and oxygen atoms in total. The molecule has 1 heterocycles. The third-order valence-corrected chi connectivity index (χ3v) is 2.26. The van der Waals surface area contributed by atoms with E-state index in [9.17, 15) is 5.21 Å². The summed E-state index contributed by atoms with van der Waals surface area (Å²) in [5, 5.41) is 10.9. The lowest BCUT2D eigenvalue weighted by molar-refractivity contribution is -0.606. The number of hydrogen-bond donors (Lipinski definition) is 0. The molecule has 2 heteroatoms. The molecule has 0 aliphatic heterocycles. The van der Waals surface area contributed by atoms with Crippen LogP contribution in [0.2, 0.25) is 0 Å². The Bertz CT molecular complexity index is 270. The van der Waals surface area contributed by atoms with Crippen LogP contribution in [0.15, 0.2) is 18.5 Å². The van der Waals surface area contributed by atoms with Crippen molar-refractivity contribution in [2.45, 2.75) is 25.7 Å². The smallest absolute Gasteiger partial charge is 0.183 e. The summed E-state index contributed by atoms with van der Waals surface area (Å²) in [6.45, 7) is 0. The minimum absolute atomic E-state index is 0.893. The van der Waals surface area contributed by atoms with Gasteiger partial charge >= 0.3 is 0 Å². The van der Waals surface area contributed by atoms with Crippen molar-refractivity contribution < 1.29 is 4.73 Å². The van der Waals surface area contributed by atoms with E-state index < -0.39 is 0 Å². The van der Waals surface area contributed by atoms with Crippen molar-refractivity contribution in [3.8, 4) is 0 Å². The monoisotopic (exact) mass is 149 g/mol. The number of nitrogens with zero attached hydrogens (tertiary/aromatic N) is 1. The van der Waals surface area contributed by atoms with Gasteiger partial charge in [0.05, 0.1) is 0 Å². The summed E-state index contributed by atoms with van der Waals surface area (Å²) in [4.78, 5) is 0. The number of hydrogen-bond acceptors (Lipinski definition) is 1. The molecule has 1 aromatic rings. The quantitative estimate of drug-likeness (QED) is 0.402. The topological polar surface area (TPSA) is 26.9 Å². The van der Waals surface area contributed by atoms with Gasteiger partial charge in [-0.05, 0) is 31.2 Å². The van der Waals surface area contributed by atoms with Gasteiger partial charge in [0.1, 0.15) is 0 Å². The Morgan fingerprint density at radius 1 is 1.18 bits per heavy atom. The molecular weight excluding hydrogens is 138 g/mol. The third-order valence-electron chi connectivity index (χ3n) is 2.26. The second kappa shape index (κ2) is 2.53. The normalized spacial score (nSPS) is 16.0. The number of aromatic nitrogens is 1. The zero-order valence-electron chi connectivity index (χ0n) is 6.42. The summed E-state index contributed by atoms with van der Waals surface area (Å²) in [6.07, 6.45) is 8.03. The maximum Gasteiger partial charge on any atom is 0.183 e. The molecule has 0 spiro atoms. The van der Waals surface area contributed by atoms with Crippen LogP contribution >= 0.6 is 0 Å². The second-order valence-electron chi connectivity index (χ2n) is 3.06. The number of fused-ring (bicyclic) bond motifs is 1. The number of aryl methyl sites for hydroxylation is 2. The Hall–Kier alpha value is -1.05. The highest BCUT2D eigenvalue weighted by Crippen LogP contribution is 2.18. The second-order valence-corrected chi connectivity index (χ2v) is 3.06. The van der Waals surface area contributed by atoms with Gasteiger partial charge in [0.25, 0.3) is 0 Å². The molecule has 0 amide bonds. The lowest BCUT2D eigenvalue weighted by Gasteiger charge is -2.13. The minimum atomic E-state index is 0.893. The molecular formula is C9H11NO. The summed E-state index contributed by atoms with van der Waals surface area (Å²) in [7, 11) is 0. The predicted octanol–water partition coefficient (Wildman–Crippen LogP) is 1.20. The zero-order chi connectivity index (χ0) is 7.68. The first kappa shape index (κ1) is 6.65. The SMILES string of the molecule is [O-][n+]1ccc2c(c1)CCCC2. The van der Waals surface area contributed by atoms with Crippen molar-refractivity contribution in [3.63, 3.8) is 0 Å². The first-order valence-electron chi connectivity index (χ1n) is 4.07. The molecule has 0 saturated heterocycles. The largest absolute Gasteiger partial charge is 0.619 e. The van der Waals surface area contributed by atoms with Gasteiger partial charge in [-0.15, -0.1) is 0 Å². The van der Waals surface area contributed by atoms with Crippen molar-refractivity contribution in [1.82, 2.24) is 0 Å². The van der Waals surface area contributed by atoms with Crippen LogP contribution < -0.4 is 4.73 Å². The molecule has 0 N–H and O–H groups in total. The van der Waals surface area contributed by atoms with Gasteiger partial charge in [-0.3, -0.25) is 0 Å². The number of rotatable bonds is 0. The van der Waals surface area contributed by atoms with Crippen LogP contribution in [0, 0.1) is 5.21 Å². The van der Waals surface area contributed by atoms with Crippen molar-refractivity contribution in [2.75, 3.05) is 0 Å². The summed E-state index contributed by atoms with van der Waals surface area (Å²) in [6, 6.07) is 1.95. The fourth-order valence-electron chi connectivity index (χ4n) is 1.65. The molecule has 1 aliphatic rings. The van der Waals surface area contributed by atoms with E-state index in [0.717, 1.165) is 17.6 Å². The number of pyridine rings is 1. The molecule has 1 aromatic heterocycles. The predicted molar refractivity (Wildman–Crippen MR) is 42.0 cm³/mol. The van der Waals surface area contributed by atoms with Crippen LogP contribution in [0.3, 0.4) is 0 Å². The van der Waals surface area contributed by atoms with Gasteiger partial charge in [-0.1, -0.05) is 0 Å². The molecule has 0 radical (unpaired) electrons. The lowest BCUT2D eigenvalue weighted by Crippen LogP contribution is -2.26. The average Bonchev–Trinajstić information content (AvgIpc) is 2.04. The van der Waals surface area contributed by atoms with Crippen LogP contribution in [-0.4, -0.2) is 0 Å². The molecule has 11 heavy (non-hydrogen) atoms. The van der Waals surface area contributed by atoms with Crippen LogP contribution in [0.5, 0.6) is 0 Å². The summed E-state index contributed by atoms with van der Waals surface area (Å²) >= 11 is 0. The first-order chi connectivity index (χ1) is 5.36. The molecule has 0 fully saturated rings. The first-order valence-corrected chi connectivity index (χ1v) is 4.07. The van der Waals surface area contributed by atoms with E-state index in [0.29, 0.717) is 0 Å². The van der Waals surface area contributed by atoms with Crippen LogP contribution in [0.25, 0.3) is 0 Å². The van der Waals surface area contributed by atoms with Gasteiger partial charge in [0.15, 0.2) is 12.4 Å². The molecule has 0 aromatic carbocycles. The maximum absolute atomic E-state index is 10.9. The average molecular weight is 149 g/mol. The third kappa shape index (κ3) is 1.20. The molecule has 2 rings (SSSR count). The van der Waals surface area contributed by atoms with Gasteiger partial charge in [0, 0.05) is 11.6 Å². The maximum atomic E-state index is 10.9. The van der Waals surface area contributed by atoms with Gasteiger partial charge < -0.3 is 5.21 Å². The standard InChI is InChI=1S/C9H11NO/c11-10-6-5-8-3-1-2-4-9(8)7-10/h5-7H,1-4H2. The Kier molecular flexibility index (Phi) is 1.53. The highest BCUT2D eigenvalue weighted by Gasteiger charge is 2.10. The Balaban J connectivity index is 2.43. The molecule has 1 aliphatic carbocycles. The van der Waals surface area contributed by atoms with E-state index in [1.165, 1.54) is 24.0 Å². The molecule has 0 bridgehead atoms. The van der Waals surface area contributed by atoms with Gasteiger partial charge in [-0.2, -0.15) is 4.73 Å². The van der Waals surface area contributed by atoms with E-state index in [1.54, 1.807) is 12.4 Å². The minimum Gasteiger partial charge on any atom is -0.619 e. The highest BCUT2D eigenvalue weighted by atomic mass is 16.5. The van der Waals surface area contributed by atoms with E-state index in [1.807, 2.05) is 6.07 Å². The summed E-state index contributed by atoms with van der Waals surface area (Å²) in [5.74, 6) is 0. The van der Waals surface area contributed by atoms with Gasteiger partial charge in [-0.25, -0.2) is 0 Å². The molecule has 0 saturated carbocycles. The molecule has 58 valence electrons. The van der Waals surface area contributed by atoms with E-state index in [4.69, 9.17) is 0 Å². The lowest BCUT2D eigenvalue weighted by atomic mass is 9.94. The Morgan fingerprint density at radius 3 is 2.73 bits per heavy atom. The van der Waals surface area contributed by atoms with Crippen LogP contribution in [0.4, 0.5) is 0 Å². The van der Waals surface area contributed by atoms with E-state index in [-0.39, 0.29) is 0 Å². The molecule has 0 atom stereocenters. The van der Waals surface area contributed by atoms with Crippen molar-refractivity contribution in [2.24, 2.45) is 0 Å². The summed E-state index contributed by atoms with van der Waals surface area (Å²) in [5.41, 5.74) is 2.61.